The standard InChI is InChI=1S/C18H25N3O2/c1-4-20(2)13-16-8-5-7-15(11-16)12-19-18(22)21(3)14-17-9-6-10-23-17/h5-11H,4,12-14H2,1-3H3,(H,19,22). The number of carbonyl (C=O) groups is 1. The van der Waals surface area contributed by atoms with Gasteiger partial charge in [0.05, 0.1) is 12.8 Å². The van der Waals surface area contributed by atoms with Gasteiger partial charge in [-0.05, 0) is 36.9 Å². The Morgan fingerprint density at radius 2 is 1.91 bits per heavy atom. The number of hydrogen-bond acceptors (Lipinski definition) is 3. The Kier molecular flexibility index (Phi) is 6.23. The van der Waals surface area contributed by atoms with Gasteiger partial charge in [0, 0.05) is 20.1 Å². The predicted molar refractivity (Wildman–Crippen MR) is 90.9 cm³/mol. The normalized spacial score (nSPS) is 10.8. The van der Waals surface area contributed by atoms with Gasteiger partial charge in [0.2, 0.25) is 0 Å². The van der Waals surface area contributed by atoms with E-state index >= 15 is 0 Å². The van der Waals surface area contributed by atoms with Crippen molar-refractivity contribution in [2.75, 3.05) is 20.6 Å². The first-order valence-electron chi connectivity index (χ1n) is 7.86. The van der Waals surface area contributed by atoms with Crippen LogP contribution < -0.4 is 5.32 Å². The van der Waals surface area contributed by atoms with Crippen LogP contribution in [0.3, 0.4) is 0 Å². The van der Waals surface area contributed by atoms with Crippen LogP contribution >= 0.6 is 0 Å². The van der Waals surface area contributed by atoms with Crippen LogP contribution in [0.2, 0.25) is 0 Å². The van der Waals surface area contributed by atoms with E-state index in [1.165, 1.54) is 5.56 Å². The maximum absolute atomic E-state index is 12.1. The molecule has 0 atom stereocenters. The van der Waals surface area contributed by atoms with E-state index < -0.39 is 0 Å². The molecule has 2 rings (SSSR count). The largest absolute Gasteiger partial charge is 0.467 e. The quantitative estimate of drug-likeness (QED) is 0.854. The van der Waals surface area contributed by atoms with Gasteiger partial charge in [-0.3, -0.25) is 0 Å². The molecule has 1 aromatic heterocycles. The Morgan fingerprint density at radius 3 is 2.61 bits per heavy atom. The maximum atomic E-state index is 12.1. The summed E-state index contributed by atoms with van der Waals surface area (Å²) in [5, 5.41) is 2.94. The van der Waals surface area contributed by atoms with Crippen molar-refractivity contribution in [1.29, 1.82) is 0 Å². The van der Waals surface area contributed by atoms with Crippen molar-refractivity contribution in [2.24, 2.45) is 0 Å². The van der Waals surface area contributed by atoms with Crippen molar-refractivity contribution in [3.63, 3.8) is 0 Å². The molecular formula is C18H25N3O2. The zero-order valence-electron chi connectivity index (χ0n) is 14.1. The highest BCUT2D eigenvalue weighted by Crippen LogP contribution is 2.08. The van der Waals surface area contributed by atoms with Gasteiger partial charge < -0.3 is 19.5 Å². The second-order valence-electron chi connectivity index (χ2n) is 5.74. The molecule has 0 aliphatic heterocycles. The lowest BCUT2D eigenvalue weighted by molar-refractivity contribution is 0.202. The average Bonchev–Trinajstić information content (AvgIpc) is 3.05. The maximum Gasteiger partial charge on any atom is 0.317 e. The topological polar surface area (TPSA) is 48.7 Å². The molecule has 0 aliphatic rings. The SMILES string of the molecule is CCN(C)Cc1cccc(CNC(=O)N(C)Cc2ccco2)c1. The fraction of sp³-hybridized carbons (Fsp3) is 0.389. The summed E-state index contributed by atoms with van der Waals surface area (Å²) in [6.07, 6.45) is 1.61. The number of hydrogen-bond donors (Lipinski definition) is 1. The highest BCUT2D eigenvalue weighted by molar-refractivity contribution is 5.73. The zero-order valence-corrected chi connectivity index (χ0v) is 14.1. The minimum Gasteiger partial charge on any atom is -0.467 e. The molecule has 1 N–H and O–H groups in total. The van der Waals surface area contributed by atoms with Gasteiger partial charge in [-0.25, -0.2) is 4.79 Å². The van der Waals surface area contributed by atoms with Crippen molar-refractivity contribution in [1.82, 2.24) is 15.1 Å². The Balaban J connectivity index is 1.85. The lowest BCUT2D eigenvalue weighted by atomic mass is 10.1. The first-order chi connectivity index (χ1) is 11.1. The van der Waals surface area contributed by atoms with Crippen molar-refractivity contribution in [3.05, 3.63) is 59.5 Å². The molecule has 5 nitrogen and oxygen atoms in total. The van der Waals surface area contributed by atoms with Crippen LogP contribution in [0, 0.1) is 0 Å². The van der Waals surface area contributed by atoms with E-state index in [2.05, 4.69) is 36.3 Å². The number of amides is 2. The Bertz CT molecular complexity index is 610. The molecule has 0 saturated heterocycles. The average molecular weight is 315 g/mol. The van der Waals surface area contributed by atoms with Gasteiger partial charge in [-0.2, -0.15) is 0 Å². The number of furan rings is 1. The van der Waals surface area contributed by atoms with E-state index in [9.17, 15) is 4.79 Å². The number of nitrogens with zero attached hydrogens (tertiary/aromatic N) is 2. The molecule has 0 saturated carbocycles. The smallest absolute Gasteiger partial charge is 0.317 e. The molecule has 1 aromatic carbocycles. The third-order valence-electron chi connectivity index (χ3n) is 3.75. The lowest BCUT2D eigenvalue weighted by Gasteiger charge is -2.17. The van der Waals surface area contributed by atoms with Crippen LogP contribution in [-0.4, -0.2) is 36.5 Å². The van der Waals surface area contributed by atoms with Gasteiger partial charge in [-0.15, -0.1) is 0 Å². The third kappa shape index (κ3) is 5.45. The van der Waals surface area contributed by atoms with Crippen molar-refractivity contribution in [3.8, 4) is 0 Å². The monoisotopic (exact) mass is 315 g/mol. The summed E-state index contributed by atoms with van der Waals surface area (Å²) in [6.45, 7) is 5.04. The van der Waals surface area contributed by atoms with Crippen LogP contribution in [0.5, 0.6) is 0 Å². The summed E-state index contributed by atoms with van der Waals surface area (Å²) in [7, 11) is 3.85. The number of rotatable bonds is 7. The Hall–Kier alpha value is -2.27. The minimum atomic E-state index is -0.113. The summed E-state index contributed by atoms with van der Waals surface area (Å²) in [5.41, 5.74) is 2.36. The lowest BCUT2D eigenvalue weighted by Crippen LogP contribution is -2.36. The third-order valence-corrected chi connectivity index (χ3v) is 3.75. The summed E-state index contributed by atoms with van der Waals surface area (Å²) in [5.74, 6) is 0.771. The summed E-state index contributed by atoms with van der Waals surface area (Å²) in [6, 6.07) is 11.9. The molecule has 5 heteroatoms. The fourth-order valence-corrected chi connectivity index (χ4v) is 2.28. The molecule has 124 valence electrons. The molecular weight excluding hydrogens is 290 g/mol. The van der Waals surface area contributed by atoms with Crippen molar-refractivity contribution >= 4 is 6.03 Å². The summed E-state index contributed by atoms with van der Waals surface area (Å²) >= 11 is 0. The van der Waals surface area contributed by atoms with Crippen LogP contribution in [0.1, 0.15) is 23.8 Å². The molecule has 0 fully saturated rings. The molecule has 0 spiro atoms. The second-order valence-corrected chi connectivity index (χ2v) is 5.74. The van der Waals surface area contributed by atoms with E-state index in [-0.39, 0.29) is 6.03 Å². The first kappa shape index (κ1) is 17.1. The highest BCUT2D eigenvalue weighted by atomic mass is 16.3. The first-order valence-corrected chi connectivity index (χ1v) is 7.86. The number of nitrogens with one attached hydrogen (secondary N) is 1. The Morgan fingerprint density at radius 1 is 1.13 bits per heavy atom. The fourth-order valence-electron chi connectivity index (χ4n) is 2.28. The van der Waals surface area contributed by atoms with E-state index in [1.807, 2.05) is 24.3 Å². The van der Waals surface area contributed by atoms with Crippen LogP contribution in [-0.2, 0) is 19.6 Å². The van der Waals surface area contributed by atoms with Crippen LogP contribution in [0.4, 0.5) is 4.79 Å². The van der Waals surface area contributed by atoms with E-state index in [1.54, 1.807) is 18.2 Å². The number of carbonyl (C=O) groups excluding carboxylic acids is 1. The zero-order chi connectivity index (χ0) is 16.7. The Labute approximate surface area is 137 Å². The number of benzene rings is 1. The minimum absolute atomic E-state index is 0.113. The molecule has 0 radical (unpaired) electrons. The van der Waals surface area contributed by atoms with Crippen LogP contribution in [0.15, 0.2) is 47.1 Å². The van der Waals surface area contributed by atoms with Gasteiger partial charge in [0.1, 0.15) is 5.76 Å². The highest BCUT2D eigenvalue weighted by Gasteiger charge is 2.10. The molecule has 0 bridgehead atoms. The van der Waals surface area contributed by atoms with E-state index in [4.69, 9.17) is 4.42 Å². The van der Waals surface area contributed by atoms with Crippen molar-refractivity contribution in [2.45, 2.75) is 26.6 Å². The molecule has 23 heavy (non-hydrogen) atoms. The van der Waals surface area contributed by atoms with Gasteiger partial charge in [0.15, 0.2) is 0 Å². The predicted octanol–water partition coefficient (Wildman–Crippen LogP) is 3.07. The molecule has 2 amide bonds. The summed E-state index contributed by atoms with van der Waals surface area (Å²) < 4.78 is 5.25. The van der Waals surface area contributed by atoms with E-state index in [0.29, 0.717) is 13.1 Å². The van der Waals surface area contributed by atoms with Crippen molar-refractivity contribution < 1.29 is 9.21 Å². The van der Waals surface area contributed by atoms with Gasteiger partial charge in [-0.1, -0.05) is 31.2 Å². The molecule has 0 unspecified atom stereocenters. The summed E-state index contributed by atoms with van der Waals surface area (Å²) in [4.78, 5) is 16.0. The van der Waals surface area contributed by atoms with E-state index in [0.717, 1.165) is 24.4 Å². The second kappa shape index (κ2) is 8.39. The van der Waals surface area contributed by atoms with Crippen LogP contribution in [0.25, 0.3) is 0 Å². The van der Waals surface area contributed by atoms with Gasteiger partial charge in [0.25, 0.3) is 0 Å². The van der Waals surface area contributed by atoms with Gasteiger partial charge >= 0.3 is 6.03 Å². The molecule has 2 aromatic rings. The molecule has 1 heterocycles. The molecule has 0 aliphatic carbocycles. The number of urea groups is 1.